The summed E-state index contributed by atoms with van der Waals surface area (Å²) in [6.07, 6.45) is 1.95. The third kappa shape index (κ3) is 4.67. The van der Waals surface area contributed by atoms with Crippen LogP contribution in [0.1, 0.15) is 26.7 Å². The van der Waals surface area contributed by atoms with Gasteiger partial charge in [-0.2, -0.15) is 0 Å². The van der Waals surface area contributed by atoms with Crippen LogP contribution in [0.5, 0.6) is 0 Å². The van der Waals surface area contributed by atoms with Crippen LogP contribution in [0.25, 0.3) is 0 Å². The Hall–Kier alpha value is -1.36. The molecule has 1 aliphatic rings. The van der Waals surface area contributed by atoms with Crippen LogP contribution in [0.4, 0.5) is 0 Å². The zero-order valence-electron chi connectivity index (χ0n) is 12.1. The van der Waals surface area contributed by atoms with Crippen molar-refractivity contribution in [2.45, 2.75) is 26.7 Å². The van der Waals surface area contributed by atoms with E-state index < -0.39 is 5.91 Å². The minimum absolute atomic E-state index is 0.373. The molecule has 1 heterocycles. The fraction of sp³-hybridized carbons (Fsp3) is 0.714. The monoisotopic (exact) mass is 267 g/mol. The highest BCUT2D eigenvalue weighted by Gasteiger charge is 2.31. The second-order valence-corrected chi connectivity index (χ2v) is 4.95. The maximum Gasteiger partial charge on any atom is 0.312 e. The number of hydrogen-bond donors (Lipinski definition) is 1. The lowest BCUT2D eigenvalue weighted by Crippen LogP contribution is -2.54. The lowest BCUT2D eigenvalue weighted by molar-refractivity contribution is -0.155. The van der Waals surface area contributed by atoms with Gasteiger partial charge in [-0.25, -0.2) is 0 Å². The Kier molecular flexibility index (Phi) is 6.56. The van der Waals surface area contributed by atoms with Gasteiger partial charge in [0.15, 0.2) is 0 Å². The first-order valence-corrected chi connectivity index (χ1v) is 7.05. The topological polar surface area (TPSA) is 52.6 Å². The van der Waals surface area contributed by atoms with Crippen LogP contribution in [0.3, 0.4) is 0 Å². The summed E-state index contributed by atoms with van der Waals surface area (Å²) in [6, 6.07) is 0. The second kappa shape index (κ2) is 7.94. The van der Waals surface area contributed by atoms with Crippen molar-refractivity contribution < 1.29 is 9.59 Å². The molecular formula is C14H25N3O2. The van der Waals surface area contributed by atoms with Gasteiger partial charge in [0.05, 0.1) is 0 Å². The summed E-state index contributed by atoms with van der Waals surface area (Å²) in [5, 5.41) is 3.25. The third-order valence-corrected chi connectivity index (χ3v) is 3.11. The smallest absolute Gasteiger partial charge is 0.312 e. The van der Waals surface area contributed by atoms with Crippen molar-refractivity contribution in [2.75, 3.05) is 39.3 Å². The molecule has 1 fully saturated rings. The molecule has 5 nitrogen and oxygen atoms in total. The minimum atomic E-state index is -0.392. The molecule has 0 unspecified atom stereocenters. The Morgan fingerprint density at radius 1 is 1.16 bits per heavy atom. The quantitative estimate of drug-likeness (QED) is 0.398. The molecule has 0 aromatic rings. The highest BCUT2D eigenvalue weighted by Crippen LogP contribution is 2.07. The van der Waals surface area contributed by atoms with Crippen molar-refractivity contribution in [1.82, 2.24) is 15.1 Å². The molecule has 0 spiro atoms. The maximum atomic E-state index is 11.9. The fourth-order valence-corrected chi connectivity index (χ4v) is 2.12. The van der Waals surface area contributed by atoms with Crippen LogP contribution < -0.4 is 5.32 Å². The van der Waals surface area contributed by atoms with E-state index >= 15 is 0 Å². The van der Waals surface area contributed by atoms with E-state index in [4.69, 9.17) is 0 Å². The first kappa shape index (κ1) is 15.7. The number of nitrogens with zero attached hydrogens (tertiary/aromatic N) is 2. The van der Waals surface area contributed by atoms with E-state index in [1.54, 1.807) is 9.80 Å². The summed E-state index contributed by atoms with van der Waals surface area (Å²) >= 11 is 0. The van der Waals surface area contributed by atoms with Gasteiger partial charge >= 0.3 is 11.8 Å². The van der Waals surface area contributed by atoms with Crippen LogP contribution in [0, 0.1) is 0 Å². The number of hydrogen-bond acceptors (Lipinski definition) is 3. The van der Waals surface area contributed by atoms with Crippen molar-refractivity contribution >= 4 is 11.8 Å². The molecule has 0 radical (unpaired) electrons. The van der Waals surface area contributed by atoms with Crippen molar-refractivity contribution in [2.24, 2.45) is 0 Å². The average Bonchev–Trinajstić information content (AvgIpc) is 2.39. The SMILES string of the molecule is C=C(CNCCC)CN1CCN(CCC)C(=O)C1=O. The lowest BCUT2D eigenvalue weighted by atomic mass is 10.2. The molecule has 1 aliphatic heterocycles. The normalized spacial score (nSPS) is 16.1. The number of carbonyl (C=O) groups is 2. The highest BCUT2D eigenvalue weighted by atomic mass is 16.2. The van der Waals surface area contributed by atoms with Gasteiger partial charge in [0.1, 0.15) is 0 Å². The Labute approximate surface area is 115 Å². The van der Waals surface area contributed by atoms with E-state index in [1.807, 2.05) is 6.92 Å². The van der Waals surface area contributed by atoms with Crippen molar-refractivity contribution in [1.29, 1.82) is 0 Å². The zero-order chi connectivity index (χ0) is 14.3. The van der Waals surface area contributed by atoms with Gasteiger partial charge in [-0.1, -0.05) is 20.4 Å². The molecule has 19 heavy (non-hydrogen) atoms. The predicted octanol–water partition coefficient (Wildman–Crippen LogP) is 0.623. The summed E-state index contributed by atoms with van der Waals surface area (Å²) in [4.78, 5) is 27.0. The molecule has 5 heteroatoms. The van der Waals surface area contributed by atoms with Crippen molar-refractivity contribution in [3.8, 4) is 0 Å². The first-order chi connectivity index (χ1) is 9.10. The highest BCUT2D eigenvalue weighted by molar-refractivity contribution is 6.35. The molecule has 0 aliphatic carbocycles. The van der Waals surface area contributed by atoms with Gasteiger partial charge in [0.2, 0.25) is 0 Å². The number of rotatable bonds is 8. The summed E-state index contributed by atoms with van der Waals surface area (Å²) < 4.78 is 0. The summed E-state index contributed by atoms with van der Waals surface area (Å²) in [5.41, 5.74) is 0.943. The molecule has 108 valence electrons. The average molecular weight is 267 g/mol. The predicted molar refractivity (Wildman–Crippen MR) is 75.8 cm³/mol. The van der Waals surface area contributed by atoms with E-state index in [2.05, 4.69) is 18.8 Å². The molecule has 1 rings (SSSR count). The molecule has 1 saturated heterocycles. The largest absolute Gasteiger partial charge is 0.333 e. The van der Waals surface area contributed by atoms with Gasteiger partial charge in [0.25, 0.3) is 0 Å². The molecule has 0 saturated carbocycles. The molecule has 0 aromatic heterocycles. The second-order valence-electron chi connectivity index (χ2n) is 4.95. The van der Waals surface area contributed by atoms with E-state index in [9.17, 15) is 9.59 Å². The molecular weight excluding hydrogens is 242 g/mol. The van der Waals surface area contributed by atoms with Gasteiger partial charge in [-0.05, 0) is 25.0 Å². The van der Waals surface area contributed by atoms with Crippen molar-refractivity contribution in [3.05, 3.63) is 12.2 Å². The van der Waals surface area contributed by atoms with Gasteiger partial charge in [0, 0.05) is 32.7 Å². The van der Waals surface area contributed by atoms with Crippen LogP contribution >= 0.6 is 0 Å². The third-order valence-electron chi connectivity index (χ3n) is 3.11. The van der Waals surface area contributed by atoms with Crippen molar-refractivity contribution in [3.63, 3.8) is 0 Å². The van der Waals surface area contributed by atoms with Crippen LogP contribution in [0.15, 0.2) is 12.2 Å². The minimum Gasteiger partial charge on any atom is -0.333 e. The maximum absolute atomic E-state index is 11.9. The lowest BCUT2D eigenvalue weighted by Gasteiger charge is -2.34. The van der Waals surface area contributed by atoms with E-state index in [0.29, 0.717) is 32.7 Å². The fourth-order valence-electron chi connectivity index (χ4n) is 2.12. The number of amides is 2. The standard InChI is InChI=1S/C14H25N3O2/c1-4-6-15-10-12(3)11-17-9-8-16(7-5-2)13(18)14(17)19/h15H,3-11H2,1-2H3. The molecule has 0 bridgehead atoms. The van der Waals surface area contributed by atoms with Gasteiger partial charge in [-0.15, -0.1) is 0 Å². The van der Waals surface area contributed by atoms with Crippen LogP contribution in [-0.2, 0) is 9.59 Å². The molecule has 2 amide bonds. The molecule has 0 aromatic carbocycles. The first-order valence-electron chi connectivity index (χ1n) is 7.05. The summed E-state index contributed by atoms with van der Waals surface area (Å²) in [5.74, 6) is -0.765. The van der Waals surface area contributed by atoms with Crippen LogP contribution in [-0.4, -0.2) is 60.9 Å². The Bertz CT molecular complexity index is 342. The van der Waals surface area contributed by atoms with E-state index in [0.717, 1.165) is 25.0 Å². The summed E-state index contributed by atoms with van der Waals surface area (Å²) in [7, 11) is 0. The molecule has 1 N–H and O–H groups in total. The Morgan fingerprint density at radius 2 is 1.79 bits per heavy atom. The Morgan fingerprint density at radius 3 is 2.42 bits per heavy atom. The van der Waals surface area contributed by atoms with Gasteiger partial charge < -0.3 is 15.1 Å². The number of carbonyl (C=O) groups excluding carboxylic acids is 2. The van der Waals surface area contributed by atoms with Gasteiger partial charge in [-0.3, -0.25) is 9.59 Å². The van der Waals surface area contributed by atoms with E-state index in [-0.39, 0.29) is 5.91 Å². The van der Waals surface area contributed by atoms with Crippen LogP contribution in [0.2, 0.25) is 0 Å². The summed E-state index contributed by atoms with van der Waals surface area (Å²) in [6.45, 7) is 12.1. The molecule has 0 atom stereocenters. The number of piperazine rings is 1. The van der Waals surface area contributed by atoms with E-state index in [1.165, 1.54) is 0 Å². The Balaban J connectivity index is 2.42. The zero-order valence-corrected chi connectivity index (χ0v) is 12.1. The number of nitrogens with one attached hydrogen (secondary N) is 1.